The summed E-state index contributed by atoms with van der Waals surface area (Å²) in [6, 6.07) is 0. The van der Waals surface area contributed by atoms with Crippen LogP contribution in [0.25, 0.3) is 0 Å². The lowest BCUT2D eigenvalue weighted by Crippen LogP contribution is -2.04. The molecule has 4 nitrogen and oxygen atoms in total. The number of aromatic nitrogens is 2. The normalized spacial score (nSPS) is 23.2. The molecule has 0 aliphatic carbocycles. The van der Waals surface area contributed by atoms with E-state index >= 15 is 0 Å². The number of rotatable bonds is 2. The van der Waals surface area contributed by atoms with Crippen molar-refractivity contribution < 1.29 is 4.74 Å². The molecule has 1 aromatic heterocycles. The lowest BCUT2D eigenvalue weighted by atomic mass is 10.1. The Morgan fingerprint density at radius 3 is 3.17 bits per heavy atom. The lowest BCUT2D eigenvalue weighted by molar-refractivity contribution is 0.185. The maximum atomic E-state index is 5.47. The van der Waals surface area contributed by atoms with Crippen molar-refractivity contribution in [2.45, 2.75) is 12.8 Å². The van der Waals surface area contributed by atoms with E-state index in [0.717, 1.165) is 31.9 Å². The number of hydrogen-bond donors (Lipinski definition) is 1. The summed E-state index contributed by atoms with van der Waals surface area (Å²) in [5.41, 5.74) is 5.47. The van der Waals surface area contributed by atoms with Gasteiger partial charge in [0, 0.05) is 31.2 Å². The molecule has 5 heteroatoms. The minimum Gasteiger partial charge on any atom is -0.381 e. The second kappa shape index (κ2) is 3.37. The Morgan fingerprint density at radius 1 is 1.67 bits per heavy atom. The fourth-order valence-electron chi connectivity index (χ4n) is 1.35. The van der Waals surface area contributed by atoms with E-state index in [4.69, 9.17) is 10.5 Å². The number of nitrogen functional groups attached to an aromatic ring is 1. The van der Waals surface area contributed by atoms with E-state index < -0.39 is 0 Å². The molecule has 1 fully saturated rings. The Bertz CT molecular complexity index is 257. The summed E-state index contributed by atoms with van der Waals surface area (Å²) < 4.78 is 9.38. The minimum absolute atomic E-state index is 0.559. The number of nitrogens with zero attached hydrogens (tertiary/aromatic N) is 2. The molecule has 1 atom stereocenters. The van der Waals surface area contributed by atoms with Crippen molar-refractivity contribution in [2.24, 2.45) is 5.92 Å². The molecule has 0 saturated carbocycles. The standard InChI is InChI=1S/C7H11N3OS/c8-7-9-6(10-12-7)3-5-1-2-11-4-5/h5H,1-4H2,(H2,8,9,10). The van der Waals surface area contributed by atoms with Crippen molar-refractivity contribution in [2.75, 3.05) is 18.9 Å². The second-order valence-electron chi connectivity index (χ2n) is 2.98. The van der Waals surface area contributed by atoms with Crippen molar-refractivity contribution >= 4 is 16.7 Å². The van der Waals surface area contributed by atoms with Crippen molar-refractivity contribution in [1.82, 2.24) is 9.36 Å². The molecular weight excluding hydrogens is 174 g/mol. The van der Waals surface area contributed by atoms with Crippen LogP contribution in [0.1, 0.15) is 12.2 Å². The van der Waals surface area contributed by atoms with E-state index in [2.05, 4.69) is 9.36 Å². The highest BCUT2D eigenvalue weighted by Gasteiger charge is 2.17. The first kappa shape index (κ1) is 7.94. The van der Waals surface area contributed by atoms with Crippen LogP contribution < -0.4 is 5.73 Å². The van der Waals surface area contributed by atoms with E-state index in [9.17, 15) is 0 Å². The van der Waals surface area contributed by atoms with E-state index in [-0.39, 0.29) is 0 Å². The number of ether oxygens (including phenoxy) is 1. The fourth-order valence-corrected chi connectivity index (χ4v) is 1.81. The third kappa shape index (κ3) is 1.73. The van der Waals surface area contributed by atoms with Crippen LogP contribution in [0.3, 0.4) is 0 Å². The molecule has 2 heterocycles. The average molecular weight is 185 g/mol. The Hall–Kier alpha value is -0.680. The second-order valence-corrected chi connectivity index (χ2v) is 3.77. The Kier molecular flexibility index (Phi) is 2.23. The van der Waals surface area contributed by atoms with Crippen LogP contribution in [0.2, 0.25) is 0 Å². The molecule has 0 radical (unpaired) electrons. The maximum Gasteiger partial charge on any atom is 0.199 e. The molecule has 66 valence electrons. The van der Waals surface area contributed by atoms with Gasteiger partial charge < -0.3 is 10.5 Å². The van der Waals surface area contributed by atoms with Crippen molar-refractivity contribution in [3.8, 4) is 0 Å². The Morgan fingerprint density at radius 2 is 2.58 bits per heavy atom. The van der Waals surface area contributed by atoms with Crippen LogP contribution >= 0.6 is 11.5 Å². The fraction of sp³-hybridized carbons (Fsp3) is 0.714. The molecule has 1 aromatic rings. The van der Waals surface area contributed by atoms with Gasteiger partial charge in [-0.05, 0) is 12.3 Å². The predicted molar refractivity (Wildman–Crippen MR) is 47.0 cm³/mol. The van der Waals surface area contributed by atoms with E-state index in [1.165, 1.54) is 11.5 Å². The maximum absolute atomic E-state index is 5.47. The van der Waals surface area contributed by atoms with Crippen LogP contribution in [0.4, 0.5) is 5.13 Å². The molecule has 1 aliphatic rings. The van der Waals surface area contributed by atoms with Gasteiger partial charge in [-0.15, -0.1) is 0 Å². The zero-order valence-corrected chi connectivity index (χ0v) is 7.51. The third-order valence-electron chi connectivity index (χ3n) is 1.98. The Balaban J connectivity index is 1.94. The molecule has 0 bridgehead atoms. The number of nitrogens with two attached hydrogens (primary N) is 1. The van der Waals surface area contributed by atoms with Crippen molar-refractivity contribution in [3.05, 3.63) is 5.82 Å². The summed E-state index contributed by atoms with van der Waals surface area (Å²) >= 11 is 1.26. The summed E-state index contributed by atoms with van der Waals surface area (Å²) in [6.45, 7) is 1.73. The Labute approximate surface area is 74.9 Å². The predicted octanol–water partition coefficient (Wildman–Crippen LogP) is 0.699. The molecule has 0 spiro atoms. The number of hydrogen-bond acceptors (Lipinski definition) is 5. The average Bonchev–Trinajstić information content (AvgIpc) is 2.63. The molecule has 1 saturated heterocycles. The summed E-state index contributed by atoms with van der Waals surface area (Å²) in [5, 5.41) is 0.559. The first-order valence-electron chi connectivity index (χ1n) is 4.00. The highest BCUT2D eigenvalue weighted by atomic mass is 32.1. The smallest absolute Gasteiger partial charge is 0.199 e. The molecule has 1 aliphatic heterocycles. The first-order chi connectivity index (χ1) is 5.84. The van der Waals surface area contributed by atoms with Crippen molar-refractivity contribution in [3.63, 3.8) is 0 Å². The highest BCUT2D eigenvalue weighted by molar-refractivity contribution is 7.09. The van der Waals surface area contributed by atoms with Crippen molar-refractivity contribution in [1.29, 1.82) is 0 Å². The van der Waals surface area contributed by atoms with Crippen LogP contribution in [-0.2, 0) is 11.2 Å². The molecule has 2 N–H and O–H groups in total. The topological polar surface area (TPSA) is 61.0 Å². The highest BCUT2D eigenvalue weighted by Crippen LogP contribution is 2.17. The molecule has 12 heavy (non-hydrogen) atoms. The summed E-state index contributed by atoms with van der Waals surface area (Å²) in [4.78, 5) is 4.10. The van der Waals surface area contributed by atoms with Crippen LogP contribution in [-0.4, -0.2) is 22.6 Å². The molecular formula is C7H11N3OS. The van der Waals surface area contributed by atoms with Gasteiger partial charge in [0.2, 0.25) is 0 Å². The van der Waals surface area contributed by atoms with Gasteiger partial charge in [-0.3, -0.25) is 0 Å². The zero-order chi connectivity index (χ0) is 8.39. The summed E-state index contributed by atoms with van der Waals surface area (Å²) in [5.74, 6) is 1.46. The van der Waals surface area contributed by atoms with Gasteiger partial charge in [-0.2, -0.15) is 4.37 Å². The van der Waals surface area contributed by atoms with Gasteiger partial charge in [0.1, 0.15) is 5.82 Å². The minimum atomic E-state index is 0.559. The molecule has 0 amide bonds. The van der Waals surface area contributed by atoms with Gasteiger partial charge in [0.05, 0.1) is 0 Å². The van der Waals surface area contributed by atoms with Gasteiger partial charge in [-0.25, -0.2) is 4.98 Å². The van der Waals surface area contributed by atoms with E-state index in [1.807, 2.05) is 0 Å². The van der Waals surface area contributed by atoms with Crippen LogP contribution in [0.5, 0.6) is 0 Å². The van der Waals surface area contributed by atoms with Gasteiger partial charge >= 0.3 is 0 Å². The largest absolute Gasteiger partial charge is 0.381 e. The van der Waals surface area contributed by atoms with Gasteiger partial charge in [-0.1, -0.05) is 0 Å². The monoisotopic (exact) mass is 185 g/mol. The number of anilines is 1. The summed E-state index contributed by atoms with van der Waals surface area (Å²) in [6.07, 6.45) is 2.03. The molecule has 0 aromatic carbocycles. The van der Waals surface area contributed by atoms with Crippen LogP contribution in [0.15, 0.2) is 0 Å². The zero-order valence-electron chi connectivity index (χ0n) is 6.69. The van der Waals surface area contributed by atoms with E-state index in [1.54, 1.807) is 0 Å². The summed E-state index contributed by atoms with van der Waals surface area (Å²) in [7, 11) is 0. The first-order valence-corrected chi connectivity index (χ1v) is 4.78. The molecule has 1 unspecified atom stereocenters. The quantitative estimate of drug-likeness (QED) is 0.736. The molecule has 2 rings (SSSR count). The SMILES string of the molecule is Nc1nc(CC2CCOC2)ns1. The van der Waals surface area contributed by atoms with E-state index in [0.29, 0.717) is 11.0 Å². The van der Waals surface area contributed by atoms with Gasteiger partial charge in [0.25, 0.3) is 0 Å². The van der Waals surface area contributed by atoms with Crippen LogP contribution in [0, 0.1) is 5.92 Å². The van der Waals surface area contributed by atoms with Gasteiger partial charge in [0.15, 0.2) is 5.13 Å². The third-order valence-corrected chi connectivity index (χ3v) is 2.56. The lowest BCUT2D eigenvalue weighted by Gasteiger charge is -2.01.